The van der Waals surface area contributed by atoms with Gasteiger partial charge in [-0.1, -0.05) is 69.6 Å². The van der Waals surface area contributed by atoms with Crippen LogP contribution in [0.15, 0.2) is 53.2 Å². The number of esters is 1. The molecule has 1 radical (unpaired) electrons. The maximum atomic E-state index is 15.3. The number of likely N-dealkylation sites (tertiary alicyclic amines) is 1. The maximum absolute atomic E-state index is 15.3. The number of aromatic nitrogens is 1. The number of hydrazine groups is 1. The zero-order valence-electron chi connectivity index (χ0n) is 44.8. The van der Waals surface area contributed by atoms with Crippen molar-refractivity contribution < 1.29 is 33.4 Å². The lowest BCUT2D eigenvalue weighted by molar-refractivity contribution is -0.157. The number of ether oxygens (including phenoxy) is 3. The van der Waals surface area contributed by atoms with Crippen LogP contribution in [0.1, 0.15) is 112 Å². The number of carbonyl (C=O) groups is 4. The van der Waals surface area contributed by atoms with E-state index in [9.17, 15) is 9.59 Å². The SMILES string of the molecule is CCn1c(C2=C([C@H](C)OC)N=CCC2)c2c3cc(ccc31)-c1cccc(c1)C[C@@]1(C=[Si]C1C(=O)[C@@H](COC1CN(C(=O)C#CC(C)(C)N(C)C(C)C)C1)C(C)C)C(=O)N1CCC[C@H](N1)C(=O)OCC(C)(C)C2. The van der Waals surface area contributed by atoms with Gasteiger partial charge in [0.15, 0.2) is 0 Å². The quantitative estimate of drug-likeness (QED) is 0.111. The summed E-state index contributed by atoms with van der Waals surface area (Å²) in [5.74, 6) is 4.67. The Labute approximate surface area is 429 Å². The van der Waals surface area contributed by atoms with E-state index in [2.05, 4.69) is 116 Å². The Morgan fingerprint density at radius 3 is 2.49 bits per heavy atom. The van der Waals surface area contributed by atoms with E-state index in [4.69, 9.17) is 19.2 Å². The van der Waals surface area contributed by atoms with E-state index in [0.717, 1.165) is 58.4 Å². The number of benzene rings is 2. The number of methoxy groups -OCH3 is 1. The zero-order chi connectivity index (χ0) is 51.9. The molecule has 3 aromatic rings. The molecule has 14 heteroatoms. The molecule has 2 amide bonds. The third kappa shape index (κ3) is 10.6. The highest BCUT2D eigenvalue weighted by Crippen LogP contribution is 2.46. The second kappa shape index (κ2) is 21.4. The van der Waals surface area contributed by atoms with Crippen LogP contribution in [-0.4, -0.2) is 141 Å². The first-order valence-electron chi connectivity index (χ1n) is 26.3. The number of Topliss-reactive ketones (excluding diaryl/α,β-unsaturated/α-hetero) is 1. The summed E-state index contributed by atoms with van der Waals surface area (Å²) in [6.07, 6.45) is 5.36. The number of cyclic esters (lactones) is 1. The first-order valence-corrected chi connectivity index (χ1v) is 27.4. The van der Waals surface area contributed by atoms with Crippen molar-refractivity contribution in [2.24, 2.45) is 27.7 Å². The number of nitrogens with zero attached hydrogens (tertiary/aromatic N) is 5. The number of fused-ring (bicyclic) bond motifs is 6. The maximum Gasteiger partial charge on any atom is 0.324 e. The second-order valence-electron chi connectivity index (χ2n) is 22.7. The molecule has 5 aliphatic heterocycles. The molecule has 1 N–H and O–H groups in total. The van der Waals surface area contributed by atoms with Crippen LogP contribution in [0.4, 0.5) is 0 Å². The van der Waals surface area contributed by atoms with Gasteiger partial charge in [-0.2, -0.15) is 0 Å². The molecule has 5 atom stereocenters. The lowest BCUT2D eigenvalue weighted by Gasteiger charge is -2.47. The molecular weight excluding hydrogens is 921 g/mol. The molecule has 2 fully saturated rings. The summed E-state index contributed by atoms with van der Waals surface area (Å²) in [5.41, 5.74) is 11.3. The molecule has 385 valence electrons. The van der Waals surface area contributed by atoms with Crippen LogP contribution in [-0.2, 0) is 52.8 Å². The van der Waals surface area contributed by atoms with Crippen LogP contribution in [0.2, 0.25) is 5.54 Å². The minimum atomic E-state index is -1.15. The fourth-order valence-electron chi connectivity index (χ4n) is 11.1. The molecule has 2 saturated heterocycles. The Morgan fingerprint density at radius 2 is 1.81 bits per heavy atom. The highest BCUT2D eigenvalue weighted by molar-refractivity contribution is 6.64. The van der Waals surface area contributed by atoms with Crippen molar-refractivity contribution in [3.8, 4) is 23.0 Å². The average molecular weight is 998 g/mol. The number of aliphatic imine (C=N–C) groups is 1. The predicted molar refractivity (Wildman–Crippen MR) is 287 cm³/mol. The van der Waals surface area contributed by atoms with Crippen molar-refractivity contribution in [3.63, 3.8) is 0 Å². The normalized spacial score (nSPS) is 23.5. The fourth-order valence-corrected chi connectivity index (χ4v) is 12.7. The van der Waals surface area contributed by atoms with Crippen molar-refractivity contribution in [1.29, 1.82) is 0 Å². The molecular formula is C58H77N6O7Si. The summed E-state index contributed by atoms with van der Waals surface area (Å²) < 4.78 is 20.9. The highest BCUT2D eigenvalue weighted by Gasteiger charge is 2.55. The molecule has 5 aliphatic rings. The standard InChI is InChI=1S/C58H77N6O7Si/c1-13-63-48-22-21-41-28-44(48)45(51(63)43-19-15-25-59-50(43)38(6)69-12)30-56(7,8)34-71-54(67)47-20-16-26-64(60-47)55(68)58(29-39-17-14-18-40(41)27-39)35-72-53(58)52(66)46(36(2)3)33-70-42-31-62(32-42)49(65)23-24-57(9,10)61(11)37(4)5/h14,17-18,21-22,25,27-28,35-38,42,46-47,53,60H,13,15-16,19-20,26,29-34H2,1-12H3/t38-,46-,47-,53?,58-/m0/s1. The Bertz CT molecular complexity index is 2740. The van der Waals surface area contributed by atoms with Gasteiger partial charge in [0.25, 0.3) is 5.91 Å². The van der Waals surface area contributed by atoms with Crippen LogP contribution >= 0.6 is 0 Å². The highest BCUT2D eigenvalue weighted by atomic mass is 28.2. The Hall–Kier alpha value is -5.04. The number of hydrogen-bond donors (Lipinski definition) is 1. The number of aryl methyl sites for hydroxylation is 1. The Balaban J connectivity index is 1.12. The van der Waals surface area contributed by atoms with E-state index in [1.54, 1.807) is 17.0 Å². The molecule has 6 bridgehead atoms. The molecule has 6 heterocycles. The van der Waals surface area contributed by atoms with Gasteiger partial charge in [-0.15, -0.1) is 0 Å². The second-order valence-corrected chi connectivity index (χ2v) is 23.9. The minimum absolute atomic E-state index is 0.0124. The lowest BCUT2D eigenvalue weighted by atomic mass is 9.73. The molecule has 0 aliphatic carbocycles. The van der Waals surface area contributed by atoms with Crippen LogP contribution in [0.25, 0.3) is 27.6 Å². The van der Waals surface area contributed by atoms with Crippen molar-refractivity contribution in [3.05, 3.63) is 65.0 Å². The van der Waals surface area contributed by atoms with E-state index in [1.165, 1.54) is 11.1 Å². The van der Waals surface area contributed by atoms with Gasteiger partial charge in [-0.3, -0.25) is 34.1 Å². The van der Waals surface area contributed by atoms with Gasteiger partial charge in [0, 0.05) is 88.0 Å². The van der Waals surface area contributed by atoms with Crippen LogP contribution < -0.4 is 5.43 Å². The molecule has 1 unspecified atom stereocenters. The summed E-state index contributed by atoms with van der Waals surface area (Å²) >= 11 is 0. The molecule has 8 rings (SSSR count). The monoisotopic (exact) mass is 998 g/mol. The summed E-state index contributed by atoms with van der Waals surface area (Å²) in [4.78, 5) is 66.3. The number of allylic oxidation sites excluding steroid dienone is 1. The predicted octanol–water partition coefficient (Wildman–Crippen LogP) is 7.59. The van der Waals surface area contributed by atoms with Crippen molar-refractivity contribution >= 4 is 61.1 Å². The zero-order valence-corrected chi connectivity index (χ0v) is 45.8. The van der Waals surface area contributed by atoms with Crippen molar-refractivity contribution in [2.75, 3.05) is 47.0 Å². The van der Waals surface area contributed by atoms with Crippen LogP contribution in [0.3, 0.4) is 0 Å². The van der Waals surface area contributed by atoms with Gasteiger partial charge in [-0.05, 0) is 133 Å². The number of rotatable bonds is 12. The van der Waals surface area contributed by atoms with Gasteiger partial charge < -0.3 is 23.7 Å². The lowest BCUT2D eigenvalue weighted by Crippen LogP contribution is -2.64. The van der Waals surface area contributed by atoms with Crippen LogP contribution in [0, 0.1) is 34.5 Å². The largest absolute Gasteiger partial charge is 0.464 e. The number of nitrogens with one attached hydrogen (secondary N) is 1. The first kappa shape index (κ1) is 53.3. The van der Waals surface area contributed by atoms with E-state index in [1.807, 2.05) is 41.0 Å². The number of ketones is 1. The van der Waals surface area contributed by atoms with E-state index >= 15 is 9.59 Å². The third-order valence-electron chi connectivity index (χ3n) is 16.0. The summed E-state index contributed by atoms with van der Waals surface area (Å²) in [7, 11) is 3.88. The third-order valence-corrected chi connectivity index (χ3v) is 17.8. The summed E-state index contributed by atoms with van der Waals surface area (Å²) in [6, 6.07) is 14.7. The van der Waals surface area contributed by atoms with Gasteiger partial charge in [-0.25, -0.2) is 5.43 Å². The van der Waals surface area contributed by atoms with E-state index in [0.29, 0.717) is 45.3 Å². The number of hydrogen-bond acceptors (Lipinski definition) is 10. The molecule has 72 heavy (non-hydrogen) atoms. The van der Waals surface area contributed by atoms with Gasteiger partial charge >= 0.3 is 5.97 Å². The first-order chi connectivity index (χ1) is 34.2. The molecule has 1 aromatic heterocycles. The smallest absolute Gasteiger partial charge is 0.324 e. The van der Waals surface area contributed by atoms with Crippen molar-refractivity contribution in [2.45, 2.75) is 150 Å². The number of carbonyl (C=O) groups excluding carboxylic acids is 4. The molecule has 0 saturated carbocycles. The molecule has 13 nitrogen and oxygen atoms in total. The molecule has 1 spiro atoms. The molecule has 2 aromatic carbocycles. The van der Waals surface area contributed by atoms with Gasteiger partial charge in [0.2, 0.25) is 5.91 Å². The summed E-state index contributed by atoms with van der Waals surface area (Å²) in [6.45, 7) is 23.2. The average Bonchev–Trinajstić information content (AvgIpc) is 3.64. The van der Waals surface area contributed by atoms with E-state index in [-0.39, 0.29) is 64.1 Å². The number of amides is 2. The topological polar surface area (TPSA) is 135 Å². The summed E-state index contributed by atoms with van der Waals surface area (Å²) in [5, 5.41) is 2.74. The Kier molecular flexibility index (Phi) is 15.9. The van der Waals surface area contributed by atoms with Gasteiger partial charge in [0.1, 0.15) is 11.8 Å². The van der Waals surface area contributed by atoms with Crippen molar-refractivity contribution in [1.82, 2.24) is 24.8 Å². The fraction of sp³-hybridized carbons (Fsp3) is 0.586. The minimum Gasteiger partial charge on any atom is -0.464 e. The van der Waals surface area contributed by atoms with E-state index < -0.39 is 39.8 Å². The van der Waals surface area contributed by atoms with Gasteiger partial charge in [0.05, 0.1) is 47.8 Å². The van der Waals surface area contributed by atoms with Crippen LogP contribution in [0.5, 0.6) is 0 Å². The Morgan fingerprint density at radius 1 is 1.06 bits per heavy atom.